The first kappa shape index (κ1) is 42.7. The molecular formula is C46H58N2O11. The SMILES string of the molecule is CCOC(=O)C1=C(C=O)C(=C2CCC(=O)[C@@H](c3ccc4c(c3)=CCN=4)C2)c2c(OCCCO)c3c(c(CO)c2O1)O[C@H]([C@](C)(O)[C@@H]1CCN(CCCOC)[C@H](CC)C1)C3. The molecule has 2 fully saturated rings. The number of piperidine rings is 1. The molecule has 0 unspecified atom stereocenters. The van der Waals surface area contributed by atoms with Gasteiger partial charge in [0.05, 0.1) is 48.4 Å². The zero-order valence-corrected chi connectivity index (χ0v) is 34.7. The molecule has 1 saturated heterocycles. The second kappa shape index (κ2) is 18.5. The van der Waals surface area contributed by atoms with Crippen LogP contribution in [0.1, 0.15) is 100 Å². The molecule has 13 heteroatoms. The molecule has 0 aromatic heterocycles. The molecule has 318 valence electrons. The van der Waals surface area contributed by atoms with Crippen molar-refractivity contribution >= 4 is 29.7 Å². The molecule has 3 N–H and O–H groups in total. The summed E-state index contributed by atoms with van der Waals surface area (Å²) in [6, 6.07) is 6.13. The van der Waals surface area contributed by atoms with Crippen LogP contribution in [0, 0.1) is 5.92 Å². The van der Waals surface area contributed by atoms with Crippen molar-refractivity contribution in [2.45, 2.75) is 109 Å². The third-order valence-corrected chi connectivity index (χ3v) is 12.9. The Morgan fingerprint density at radius 2 is 1.95 bits per heavy atom. The molecule has 1 aliphatic carbocycles. The van der Waals surface area contributed by atoms with Crippen molar-refractivity contribution in [3.05, 3.63) is 67.9 Å². The first-order valence-corrected chi connectivity index (χ1v) is 21.2. The zero-order valence-electron chi connectivity index (χ0n) is 34.7. The van der Waals surface area contributed by atoms with Crippen LogP contribution in [-0.4, -0.2) is 109 Å². The van der Waals surface area contributed by atoms with Crippen LogP contribution in [0.15, 0.2) is 40.1 Å². The van der Waals surface area contributed by atoms with Gasteiger partial charge in [-0.1, -0.05) is 24.6 Å². The number of likely N-dealkylation sites (tertiary alicyclic amines) is 1. The number of benzene rings is 2. The Kier molecular flexibility index (Phi) is 13.4. The maximum Gasteiger partial charge on any atom is 0.375 e. The number of hydrogen-bond donors (Lipinski definition) is 3. The molecule has 1 saturated carbocycles. The fraction of sp³-hybridized carbons (Fsp3) is 0.565. The molecule has 4 heterocycles. The van der Waals surface area contributed by atoms with Crippen molar-refractivity contribution < 1.29 is 53.4 Å². The lowest BCUT2D eigenvalue weighted by Crippen LogP contribution is -2.54. The molecule has 2 aromatic rings. The minimum atomic E-state index is -1.29. The van der Waals surface area contributed by atoms with Gasteiger partial charge in [-0.25, -0.2) is 4.79 Å². The Morgan fingerprint density at radius 3 is 2.68 bits per heavy atom. The lowest BCUT2D eigenvalue weighted by atomic mass is 9.74. The summed E-state index contributed by atoms with van der Waals surface area (Å²) in [4.78, 5) is 47.6. The van der Waals surface area contributed by atoms with Gasteiger partial charge in [0.15, 0.2) is 6.29 Å². The maximum absolute atomic E-state index is 13.7. The van der Waals surface area contributed by atoms with Crippen LogP contribution < -0.4 is 24.8 Å². The van der Waals surface area contributed by atoms with Gasteiger partial charge in [-0.05, 0) is 87.7 Å². The van der Waals surface area contributed by atoms with E-state index in [9.17, 15) is 29.7 Å². The quantitative estimate of drug-likeness (QED) is 0.128. The van der Waals surface area contributed by atoms with Crippen LogP contribution >= 0.6 is 0 Å². The number of carbonyl (C=O) groups is 3. The molecule has 0 spiro atoms. The fourth-order valence-electron chi connectivity index (χ4n) is 9.74. The number of ether oxygens (including phenoxy) is 5. The number of allylic oxidation sites excluding steroid dienone is 3. The number of aliphatic hydroxyl groups excluding tert-OH is 2. The van der Waals surface area contributed by atoms with Crippen molar-refractivity contribution in [3.63, 3.8) is 0 Å². The maximum atomic E-state index is 13.7. The van der Waals surface area contributed by atoms with Gasteiger partial charge >= 0.3 is 5.97 Å². The number of rotatable bonds is 16. The summed E-state index contributed by atoms with van der Waals surface area (Å²) < 4.78 is 30.4. The van der Waals surface area contributed by atoms with Crippen molar-refractivity contribution in [2.75, 3.05) is 53.2 Å². The molecule has 7 rings (SSSR count). The van der Waals surface area contributed by atoms with E-state index in [-0.39, 0.29) is 85.2 Å². The van der Waals surface area contributed by atoms with Crippen LogP contribution in [0.25, 0.3) is 11.6 Å². The molecule has 2 aromatic carbocycles. The van der Waals surface area contributed by atoms with Crippen molar-refractivity contribution in [3.8, 4) is 17.2 Å². The van der Waals surface area contributed by atoms with E-state index in [1.807, 2.05) is 31.2 Å². The number of Topliss-reactive ketones (excluding diaryl/α,β-unsaturated/α-hetero) is 1. The van der Waals surface area contributed by atoms with Crippen LogP contribution in [0.5, 0.6) is 17.2 Å². The molecule has 0 radical (unpaired) electrons. The Labute approximate surface area is 345 Å². The fourth-order valence-corrected chi connectivity index (χ4v) is 9.74. The summed E-state index contributed by atoms with van der Waals surface area (Å²) >= 11 is 0. The Morgan fingerprint density at radius 1 is 1.12 bits per heavy atom. The zero-order chi connectivity index (χ0) is 41.8. The molecule has 4 aliphatic heterocycles. The topological polar surface area (TPSA) is 174 Å². The van der Waals surface area contributed by atoms with Crippen molar-refractivity contribution in [1.29, 1.82) is 0 Å². The van der Waals surface area contributed by atoms with E-state index < -0.39 is 30.2 Å². The molecule has 59 heavy (non-hydrogen) atoms. The minimum Gasteiger partial charge on any atom is -0.492 e. The summed E-state index contributed by atoms with van der Waals surface area (Å²) in [5, 5.41) is 35.3. The van der Waals surface area contributed by atoms with Crippen LogP contribution in [0.2, 0.25) is 0 Å². The largest absolute Gasteiger partial charge is 0.492 e. The highest BCUT2D eigenvalue weighted by Gasteiger charge is 2.50. The van der Waals surface area contributed by atoms with Gasteiger partial charge in [-0.15, -0.1) is 0 Å². The van der Waals surface area contributed by atoms with E-state index in [4.69, 9.17) is 23.7 Å². The number of methoxy groups -OCH3 is 1. The molecule has 0 bridgehead atoms. The lowest BCUT2D eigenvalue weighted by Gasteiger charge is -2.46. The average Bonchev–Trinajstić information content (AvgIpc) is 3.91. The first-order chi connectivity index (χ1) is 28.6. The smallest absolute Gasteiger partial charge is 0.375 e. The van der Waals surface area contributed by atoms with Crippen LogP contribution in [0.4, 0.5) is 0 Å². The summed E-state index contributed by atoms with van der Waals surface area (Å²) in [6.45, 7) is 8.10. The predicted molar refractivity (Wildman–Crippen MR) is 219 cm³/mol. The number of nitrogens with zero attached hydrogens (tertiary/aromatic N) is 2. The van der Waals surface area contributed by atoms with E-state index >= 15 is 0 Å². The van der Waals surface area contributed by atoms with Gasteiger partial charge in [0.2, 0.25) is 5.76 Å². The second-order valence-electron chi connectivity index (χ2n) is 16.4. The van der Waals surface area contributed by atoms with Crippen molar-refractivity contribution in [2.24, 2.45) is 10.9 Å². The summed E-state index contributed by atoms with van der Waals surface area (Å²) in [6.07, 6.45) is 6.57. The summed E-state index contributed by atoms with van der Waals surface area (Å²) in [7, 11) is 1.71. The number of esters is 1. The highest BCUT2D eigenvalue weighted by atomic mass is 16.6. The van der Waals surface area contributed by atoms with E-state index in [0.717, 1.165) is 60.5 Å². The standard InChI is InChI=1S/C46H58N2O11/c1-5-31-23-30(14-17-48(31)16-7-19-55-4)46(3,54)38-24-33-41(58-38)35(26-51)43-40(42(33)57-20-8-18-49)39(34(25-50)44(59-43)45(53)56-6-2)29-10-12-37(52)32(22-29)27-9-11-36-28(21-27)13-15-47-36/h9,11,13,21,25,30-32,38,49,51,54H,5-8,10,12,14-20,22-24,26H2,1-4H3/t30-,31-,32-,38+,46-/m1/s1. The Hall–Kier alpha value is -4.40. The van der Waals surface area contributed by atoms with Gasteiger partial charge < -0.3 is 43.9 Å². The van der Waals surface area contributed by atoms with Gasteiger partial charge in [-0.2, -0.15) is 0 Å². The minimum absolute atomic E-state index is 0.0201. The highest BCUT2D eigenvalue weighted by Crippen LogP contribution is 2.57. The normalized spacial score (nSPS) is 24.8. The Balaban J connectivity index is 1.35. The van der Waals surface area contributed by atoms with Crippen LogP contribution in [0.3, 0.4) is 0 Å². The molecule has 5 atom stereocenters. The Bertz CT molecular complexity index is 2140. The third kappa shape index (κ3) is 8.24. The van der Waals surface area contributed by atoms with Gasteiger partial charge in [0.25, 0.3) is 0 Å². The number of carbonyl (C=O) groups excluding carboxylic acids is 3. The second-order valence-corrected chi connectivity index (χ2v) is 16.4. The number of fused-ring (bicyclic) bond motifs is 3. The van der Waals surface area contributed by atoms with Crippen LogP contribution in [-0.2, 0) is 36.9 Å². The lowest BCUT2D eigenvalue weighted by molar-refractivity contribution is -0.141. The van der Waals surface area contributed by atoms with Gasteiger partial charge in [-0.3, -0.25) is 14.6 Å². The third-order valence-electron chi connectivity index (χ3n) is 12.9. The molecule has 0 amide bonds. The van der Waals surface area contributed by atoms with Gasteiger partial charge in [0, 0.05) is 69.2 Å². The molecule has 5 aliphatic rings. The van der Waals surface area contributed by atoms with Crippen molar-refractivity contribution in [1.82, 2.24) is 4.90 Å². The van der Waals surface area contributed by atoms with Gasteiger partial charge in [0.1, 0.15) is 34.7 Å². The van der Waals surface area contributed by atoms with E-state index in [1.54, 1.807) is 14.0 Å². The average molecular weight is 815 g/mol. The monoisotopic (exact) mass is 814 g/mol. The first-order valence-electron chi connectivity index (χ1n) is 21.2. The summed E-state index contributed by atoms with van der Waals surface area (Å²) in [5.74, 6) is -1.05. The van der Waals surface area contributed by atoms with E-state index in [2.05, 4.69) is 16.8 Å². The number of hydrogen-bond acceptors (Lipinski definition) is 13. The van der Waals surface area contributed by atoms with E-state index in [0.29, 0.717) is 54.7 Å². The summed E-state index contributed by atoms with van der Waals surface area (Å²) in [5.41, 5.74) is 1.85. The number of aliphatic hydroxyl groups is 3. The van der Waals surface area contributed by atoms with E-state index in [1.165, 1.54) is 0 Å². The highest BCUT2D eigenvalue weighted by molar-refractivity contribution is 6.11. The number of aldehydes is 1. The predicted octanol–water partition coefficient (Wildman–Crippen LogP) is 3.63. The molecule has 13 nitrogen and oxygen atoms in total. The molecular weight excluding hydrogens is 757 g/mol. The number of ketones is 1.